The van der Waals surface area contributed by atoms with Gasteiger partial charge in [-0.2, -0.15) is 5.26 Å². The molecule has 0 radical (unpaired) electrons. The Kier molecular flexibility index (Phi) is 3.53. The molecule has 1 aliphatic rings. The van der Waals surface area contributed by atoms with Crippen LogP contribution >= 0.6 is 0 Å². The van der Waals surface area contributed by atoms with Gasteiger partial charge in [-0.3, -0.25) is 4.79 Å². The number of aldehydes is 1. The van der Waals surface area contributed by atoms with Crippen molar-refractivity contribution in [3.05, 3.63) is 47.2 Å². The lowest BCUT2D eigenvalue weighted by atomic mass is 10.1. The van der Waals surface area contributed by atoms with Gasteiger partial charge in [0.2, 0.25) is 0 Å². The molecule has 7 heteroatoms. The van der Waals surface area contributed by atoms with E-state index in [1.54, 1.807) is 0 Å². The Hall–Kier alpha value is -2.85. The molecule has 2 aromatic heterocycles. The topological polar surface area (TPSA) is 113 Å². The van der Waals surface area contributed by atoms with E-state index in [0.717, 1.165) is 0 Å². The number of hydrogen-bond acceptors (Lipinski definition) is 6. The van der Waals surface area contributed by atoms with Crippen molar-refractivity contribution >= 4 is 11.9 Å². The molecule has 0 spiro atoms. The lowest BCUT2D eigenvalue weighted by molar-refractivity contribution is -0.105. The minimum Gasteiger partial charge on any atom is -0.395 e. The van der Waals surface area contributed by atoms with Crippen molar-refractivity contribution in [3.8, 4) is 6.07 Å². The number of fused-ring (bicyclic) bond motifs is 1. The Bertz CT molecular complexity index is 796. The molecule has 22 heavy (non-hydrogen) atoms. The standard InChI is InChI=1S/C15H16N6O/c16-4-11-3-12(10-1-2-10)5-20-7-14(19-15(11)20)8-21(18)6-13(17)9-22/h3,5-7,9-10H,1-2,8,17-18H2/b13-6-. The van der Waals surface area contributed by atoms with Crippen LogP contribution in [0, 0.1) is 11.3 Å². The van der Waals surface area contributed by atoms with E-state index in [4.69, 9.17) is 11.6 Å². The van der Waals surface area contributed by atoms with E-state index >= 15 is 0 Å². The molecule has 1 aliphatic carbocycles. The van der Waals surface area contributed by atoms with Crippen LogP contribution in [-0.4, -0.2) is 20.7 Å². The number of rotatable bonds is 5. The molecule has 1 saturated carbocycles. The van der Waals surface area contributed by atoms with E-state index in [9.17, 15) is 10.1 Å². The Morgan fingerprint density at radius 3 is 2.95 bits per heavy atom. The van der Waals surface area contributed by atoms with Crippen LogP contribution in [0.25, 0.3) is 5.65 Å². The van der Waals surface area contributed by atoms with Gasteiger partial charge in [-0.05, 0) is 30.4 Å². The molecule has 112 valence electrons. The highest BCUT2D eigenvalue weighted by molar-refractivity contribution is 5.71. The molecule has 0 bridgehead atoms. The molecule has 1 fully saturated rings. The lowest BCUT2D eigenvalue weighted by Crippen LogP contribution is -2.26. The molecule has 2 aromatic rings. The molecule has 0 aromatic carbocycles. The van der Waals surface area contributed by atoms with Crippen LogP contribution in [0.1, 0.15) is 35.6 Å². The SMILES string of the molecule is N#Cc1cc(C2CC2)cn2cc(CN(N)/C=C(\N)C=O)nc12. The molecule has 0 amide bonds. The molecule has 0 aliphatic heterocycles. The summed E-state index contributed by atoms with van der Waals surface area (Å²) in [5, 5.41) is 10.6. The zero-order chi connectivity index (χ0) is 15.7. The number of hydrogen-bond donors (Lipinski definition) is 2. The molecule has 0 atom stereocenters. The van der Waals surface area contributed by atoms with Gasteiger partial charge < -0.3 is 15.1 Å². The maximum Gasteiger partial charge on any atom is 0.167 e. The summed E-state index contributed by atoms with van der Waals surface area (Å²) >= 11 is 0. The third-order valence-corrected chi connectivity index (χ3v) is 3.59. The van der Waals surface area contributed by atoms with E-state index in [0.29, 0.717) is 35.7 Å². The average molecular weight is 296 g/mol. The number of pyridine rings is 1. The van der Waals surface area contributed by atoms with Gasteiger partial charge >= 0.3 is 0 Å². The Labute approximate surface area is 127 Å². The molecule has 7 nitrogen and oxygen atoms in total. The van der Waals surface area contributed by atoms with Gasteiger partial charge in [0, 0.05) is 18.6 Å². The van der Waals surface area contributed by atoms with Crippen LogP contribution in [0.3, 0.4) is 0 Å². The Balaban J connectivity index is 1.92. The minimum absolute atomic E-state index is 0.0417. The lowest BCUT2D eigenvalue weighted by Gasteiger charge is -2.11. The first-order valence-electron chi connectivity index (χ1n) is 6.96. The van der Waals surface area contributed by atoms with Gasteiger partial charge in [-0.15, -0.1) is 0 Å². The zero-order valence-corrected chi connectivity index (χ0v) is 11.9. The number of allylic oxidation sites excluding steroid dienone is 1. The molecule has 0 saturated heterocycles. The van der Waals surface area contributed by atoms with Crippen LogP contribution < -0.4 is 11.6 Å². The number of hydrazine groups is 1. The number of nitriles is 1. The van der Waals surface area contributed by atoms with Gasteiger partial charge in [-0.25, -0.2) is 10.8 Å². The van der Waals surface area contributed by atoms with Crippen LogP contribution in [0.5, 0.6) is 0 Å². The van der Waals surface area contributed by atoms with E-state index in [1.165, 1.54) is 29.6 Å². The van der Waals surface area contributed by atoms with E-state index in [1.807, 2.05) is 22.9 Å². The molecule has 0 unspecified atom stereocenters. The van der Waals surface area contributed by atoms with Crippen molar-refractivity contribution < 1.29 is 4.79 Å². The highest BCUT2D eigenvalue weighted by Crippen LogP contribution is 2.40. The quantitative estimate of drug-likeness (QED) is 0.364. The first-order chi connectivity index (χ1) is 10.6. The summed E-state index contributed by atoms with van der Waals surface area (Å²) in [5.74, 6) is 6.33. The third kappa shape index (κ3) is 2.77. The number of carbonyl (C=O) groups excluding carboxylic acids is 1. The number of nitrogens with zero attached hydrogens (tertiary/aromatic N) is 4. The van der Waals surface area contributed by atoms with Crippen LogP contribution in [0.4, 0.5) is 0 Å². The second-order valence-corrected chi connectivity index (χ2v) is 5.46. The average Bonchev–Trinajstić information content (AvgIpc) is 3.26. The van der Waals surface area contributed by atoms with E-state index in [2.05, 4.69) is 11.1 Å². The molecule has 4 N–H and O–H groups in total. The molecular weight excluding hydrogens is 280 g/mol. The van der Waals surface area contributed by atoms with Crippen LogP contribution in [0.15, 0.2) is 30.4 Å². The maximum atomic E-state index is 10.5. The number of aromatic nitrogens is 2. The largest absolute Gasteiger partial charge is 0.395 e. The van der Waals surface area contributed by atoms with Crippen LogP contribution in [0.2, 0.25) is 0 Å². The highest BCUT2D eigenvalue weighted by atomic mass is 16.1. The minimum atomic E-state index is 0.0417. The van der Waals surface area contributed by atoms with E-state index < -0.39 is 0 Å². The fraction of sp³-hybridized carbons (Fsp3) is 0.267. The maximum absolute atomic E-state index is 10.5. The van der Waals surface area contributed by atoms with E-state index in [-0.39, 0.29) is 5.70 Å². The van der Waals surface area contributed by atoms with Gasteiger partial charge in [0.1, 0.15) is 6.07 Å². The van der Waals surface area contributed by atoms with Crippen molar-refractivity contribution in [3.63, 3.8) is 0 Å². The summed E-state index contributed by atoms with van der Waals surface area (Å²) in [5.41, 5.74) is 8.49. The number of carbonyl (C=O) groups is 1. The first-order valence-corrected chi connectivity index (χ1v) is 6.96. The second-order valence-electron chi connectivity index (χ2n) is 5.46. The van der Waals surface area contributed by atoms with Gasteiger partial charge in [0.25, 0.3) is 0 Å². The third-order valence-electron chi connectivity index (χ3n) is 3.59. The monoisotopic (exact) mass is 296 g/mol. The summed E-state index contributed by atoms with van der Waals surface area (Å²) in [7, 11) is 0. The van der Waals surface area contributed by atoms with Crippen molar-refractivity contribution in [2.24, 2.45) is 11.6 Å². The molecular formula is C15H16N6O. The summed E-state index contributed by atoms with van der Waals surface area (Å²) in [4.78, 5) is 14.9. The number of imidazole rings is 1. The smallest absolute Gasteiger partial charge is 0.167 e. The molecule has 2 heterocycles. The van der Waals surface area contributed by atoms with Crippen molar-refractivity contribution in [1.82, 2.24) is 14.4 Å². The second kappa shape index (κ2) is 5.50. The first kappa shape index (κ1) is 14.1. The predicted molar refractivity (Wildman–Crippen MR) is 79.9 cm³/mol. The van der Waals surface area contributed by atoms with Crippen molar-refractivity contribution in [1.29, 1.82) is 5.26 Å². The Morgan fingerprint density at radius 1 is 1.55 bits per heavy atom. The predicted octanol–water partition coefficient (Wildman–Crippen LogP) is 0.758. The fourth-order valence-electron chi connectivity index (χ4n) is 2.42. The number of nitrogens with two attached hydrogens (primary N) is 2. The normalized spacial score (nSPS) is 14.8. The van der Waals surface area contributed by atoms with Crippen LogP contribution in [-0.2, 0) is 11.3 Å². The van der Waals surface area contributed by atoms with Gasteiger partial charge in [-0.1, -0.05) is 0 Å². The van der Waals surface area contributed by atoms with Gasteiger partial charge in [0.15, 0.2) is 11.9 Å². The summed E-state index contributed by atoms with van der Waals surface area (Å²) in [6.07, 6.45) is 8.07. The van der Waals surface area contributed by atoms with Crippen molar-refractivity contribution in [2.45, 2.75) is 25.3 Å². The summed E-state index contributed by atoms with van der Waals surface area (Å²) in [6, 6.07) is 4.11. The van der Waals surface area contributed by atoms with Gasteiger partial charge in [0.05, 0.1) is 23.5 Å². The summed E-state index contributed by atoms with van der Waals surface area (Å²) in [6.45, 7) is 0.292. The zero-order valence-electron chi connectivity index (χ0n) is 11.9. The Morgan fingerprint density at radius 2 is 2.32 bits per heavy atom. The fourth-order valence-corrected chi connectivity index (χ4v) is 2.42. The molecule has 3 rings (SSSR count). The van der Waals surface area contributed by atoms with Crippen molar-refractivity contribution in [2.75, 3.05) is 0 Å². The summed E-state index contributed by atoms with van der Waals surface area (Å²) < 4.78 is 1.86. The highest BCUT2D eigenvalue weighted by Gasteiger charge is 2.25.